The lowest BCUT2D eigenvalue weighted by Crippen LogP contribution is -2.31. The number of hydrogen-bond donors (Lipinski definition) is 0. The van der Waals surface area contributed by atoms with E-state index in [1.54, 1.807) is 54.3 Å². The van der Waals surface area contributed by atoms with Gasteiger partial charge in [-0.1, -0.05) is 24.3 Å². The van der Waals surface area contributed by atoms with Gasteiger partial charge < -0.3 is 4.90 Å². The third-order valence-electron chi connectivity index (χ3n) is 4.39. The maximum Gasteiger partial charge on any atom is 0.264 e. The summed E-state index contributed by atoms with van der Waals surface area (Å²) in [6, 6.07) is 15.3. The van der Waals surface area contributed by atoms with Crippen LogP contribution in [-0.2, 0) is 10.0 Å². The van der Waals surface area contributed by atoms with Gasteiger partial charge in [0.15, 0.2) is 0 Å². The number of hydrogen-bond acceptors (Lipinski definition) is 3. The monoisotopic (exact) mass is 358 g/mol. The molecule has 1 aliphatic heterocycles. The fourth-order valence-corrected chi connectivity index (χ4v) is 4.63. The molecule has 0 aromatic heterocycles. The molecule has 25 heavy (non-hydrogen) atoms. The fraction of sp³-hybridized carbons (Fsp3) is 0.316. The molecule has 0 aliphatic carbocycles. The molecule has 1 fully saturated rings. The van der Waals surface area contributed by atoms with Gasteiger partial charge in [0.1, 0.15) is 0 Å². The molecule has 1 aliphatic rings. The second-order valence-electron chi connectivity index (χ2n) is 6.03. The number of nitrogens with zero attached hydrogens (tertiary/aromatic N) is 2. The zero-order valence-corrected chi connectivity index (χ0v) is 15.1. The van der Waals surface area contributed by atoms with Crippen LogP contribution in [0.25, 0.3) is 0 Å². The van der Waals surface area contributed by atoms with E-state index in [9.17, 15) is 13.2 Å². The third-order valence-corrected chi connectivity index (χ3v) is 6.29. The Balaban J connectivity index is 1.94. The van der Waals surface area contributed by atoms with Gasteiger partial charge in [-0.25, -0.2) is 8.42 Å². The zero-order chi connectivity index (χ0) is 17.9. The molecule has 0 N–H and O–H groups in total. The van der Waals surface area contributed by atoms with E-state index in [0.717, 1.165) is 25.9 Å². The first-order valence-electron chi connectivity index (χ1n) is 8.51. The molecular formula is C19H22N2O3S. The van der Waals surface area contributed by atoms with Crippen molar-refractivity contribution in [1.82, 2.24) is 4.90 Å². The standard InChI is InChI=1S/C19H22N2O3S/c1-2-21(17-10-4-3-5-11-17)25(23,24)18-12-8-9-16(15-18)19(22)20-13-6-7-14-20/h3-5,8-12,15H,2,6-7,13-14H2,1H3. The molecule has 2 aromatic rings. The summed E-state index contributed by atoms with van der Waals surface area (Å²) < 4.78 is 27.5. The molecule has 0 radical (unpaired) electrons. The SMILES string of the molecule is CCN(c1ccccc1)S(=O)(=O)c1cccc(C(=O)N2CCCC2)c1. The van der Waals surface area contributed by atoms with Crippen LogP contribution in [0.5, 0.6) is 0 Å². The summed E-state index contributed by atoms with van der Waals surface area (Å²) in [4.78, 5) is 14.5. The number of anilines is 1. The first kappa shape index (κ1) is 17.5. The average Bonchev–Trinajstić information content (AvgIpc) is 3.17. The van der Waals surface area contributed by atoms with Crippen molar-refractivity contribution >= 4 is 21.6 Å². The summed E-state index contributed by atoms with van der Waals surface area (Å²) in [5, 5.41) is 0. The summed E-state index contributed by atoms with van der Waals surface area (Å²) in [6.45, 7) is 3.59. The van der Waals surface area contributed by atoms with Crippen molar-refractivity contribution < 1.29 is 13.2 Å². The van der Waals surface area contributed by atoms with E-state index in [2.05, 4.69) is 0 Å². The highest BCUT2D eigenvalue weighted by Crippen LogP contribution is 2.24. The number of benzene rings is 2. The van der Waals surface area contributed by atoms with Crippen LogP contribution in [0.2, 0.25) is 0 Å². The van der Waals surface area contributed by atoms with Gasteiger partial charge >= 0.3 is 0 Å². The van der Waals surface area contributed by atoms with Gasteiger partial charge in [0.05, 0.1) is 10.6 Å². The summed E-state index contributed by atoms with van der Waals surface area (Å²) in [6.07, 6.45) is 2.00. The summed E-state index contributed by atoms with van der Waals surface area (Å²) in [5.74, 6) is -0.0997. The largest absolute Gasteiger partial charge is 0.339 e. The van der Waals surface area contributed by atoms with Gasteiger partial charge in [-0.15, -0.1) is 0 Å². The highest BCUT2D eigenvalue weighted by molar-refractivity contribution is 7.92. The normalized spacial score (nSPS) is 14.5. The number of carbonyl (C=O) groups excluding carboxylic acids is 1. The van der Waals surface area contributed by atoms with Crippen LogP contribution in [-0.4, -0.2) is 38.9 Å². The smallest absolute Gasteiger partial charge is 0.264 e. The second kappa shape index (κ2) is 7.27. The number of para-hydroxylation sites is 1. The van der Waals surface area contributed by atoms with Gasteiger partial charge in [0.2, 0.25) is 0 Å². The lowest BCUT2D eigenvalue weighted by molar-refractivity contribution is 0.0792. The van der Waals surface area contributed by atoms with E-state index in [4.69, 9.17) is 0 Å². The maximum absolute atomic E-state index is 13.1. The van der Waals surface area contributed by atoms with E-state index in [0.29, 0.717) is 17.8 Å². The van der Waals surface area contributed by atoms with Crippen LogP contribution in [0.1, 0.15) is 30.1 Å². The first-order valence-corrected chi connectivity index (χ1v) is 9.95. The minimum Gasteiger partial charge on any atom is -0.339 e. The van der Waals surface area contributed by atoms with Crippen molar-refractivity contribution in [3.8, 4) is 0 Å². The first-order chi connectivity index (χ1) is 12.0. The van der Waals surface area contributed by atoms with Crippen LogP contribution in [0.15, 0.2) is 59.5 Å². The van der Waals surface area contributed by atoms with Crippen molar-refractivity contribution in [2.24, 2.45) is 0 Å². The molecule has 0 saturated carbocycles. The number of sulfonamides is 1. The number of likely N-dealkylation sites (tertiary alicyclic amines) is 1. The van der Waals surface area contributed by atoms with Crippen LogP contribution in [0.3, 0.4) is 0 Å². The van der Waals surface area contributed by atoms with Gasteiger partial charge in [-0.3, -0.25) is 9.10 Å². The van der Waals surface area contributed by atoms with Gasteiger partial charge in [0, 0.05) is 25.2 Å². The molecule has 132 valence electrons. The van der Waals surface area contributed by atoms with Crippen LogP contribution < -0.4 is 4.31 Å². The maximum atomic E-state index is 13.1. The average molecular weight is 358 g/mol. The predicted octanol–water partition coefficient (Wildman–Crippen LogP) is 3.14. The van der Waals surface area contributed by atoms with Gasteiger partial charge in [-0.05, 0) is 50.1 Å². The molecular weight excluding hydrogens is 336 g/mol. The Morgan fingerprint density at radius 3 is 2.36 bits per heavy atom. The highest BCUT2D eigenvalue weighted by Gasteiger charge is 2.26. The van der Waals surface area contributed by atoms with E-state index in [1.165, 1.54) is 10.4 Å². The fourth-order valence-electron chi connectivity index (χ4n) is 3.11. The topological polar surface area (TPSA) is 57.7 Å². The summed E-state index contributed by atoms with van der Waals surface area (Å²) in [7, 11) is -3.72. The minimum absolute atomic E-state index is 0.0997. The van der Waals surface area contributed by atoms with Gasteiger partial charge in [0.25, 0.3) is 15.9 Å². The van der Waals surface area contributed by atoms with E-state index < -0.39 is 10.0 Å². The van der Waals surface area contributed by atoms with Crippen molar-refractivity contribution in [2.75, 3.05) is 23.9 Å². The van der Waals surface area contributed by atoms with Crippen molar-refractivity contribution in [3.63, 3.8) is 0 Å². The van der Waals surface area contributed by atoms with E-state index in [-0.39, 0.29) is 10.8 Å². The highest BCUT2D eigenvalue weighted by atomic mass is 32.2. The number of carbonyl (C=O) groups is 1. The quantitative estimate of drug-likeness (QED) is 0.825. The molecule has 1 saturated heterocycles. The lowest BCUT2D eigenvalue weighted by Gasteiger charge is -2.23. The third kappa shape index (κ3) is 3.54. The Morgan fingerprint density at radius 2 is 1.72 bits per heavy atom. The Labute approximate surface area is 148 Å². The Hall–Kier alpha value is -2.34. The number of amides is 1. The van der Waals surface area contributed by atoms with Crippen LogP contribution >= 0.6 is 0 Å². The van der Waals surface area contributed by atoms with Gasteiger partial charge in [-0.2, -0.15) is 0 Å². The summed E-state index contributed by atoms with van der Waals surface area (Å²) in [5.41, 5.74) is 1.04. The predicted molar refractivity (Wildman–Crippen MR) is 98.2 cm³/mol. The van der Waals surface area contributed by atoms with E-state index >= 15 is 0 Å². The van der Waals surface area contributed by atoms with Crippen LogP contribution in [0, 0.1) is 0 Å². The molecule has 0 bridgehead atoms. The van der Waals surface area contributed by atoms with E-state index in [1.807, 2.05) is 6.07 Å². The second-order valence-corrected chi connectivity index (χ2v) is 7.89. The molecule has 0 spiro atoms. The Morgan fingerprint density at radius 1 is 1.04 bits per heavy atom. The van der Waals surface area contributed by atoms with Crippen molar-refractivity contribution in [2.45, 2.75) is 24.7 Å². The van der Waals surface area contributed by atoms with Crippen LogP contribution in [0.4, 0.5) is 5.69 Å². The molecule has 1 heterocycles. The molecule has 2 aromatic carbocycles. The lowest BCUT2D eigenvalue weighted by atomic mass is 10.2. The van der Waals surface area contributed by atoms with Crippen molar-refractivity contribution in [1.29, 1.82) is 0 Å². The molecule has 1 amide bonds. The molecule has 3 rings (SSSR count). The molecule has 0 atom stereocenters. The minimum atomic E-state index is -3.72. The molecule has 5 nitrogen and oxygen atoms in total. The molecule has 6 heteroatoms. The zero-order valence-electron chi connectivity index (χ0n) is 14.3. The number of rotatable bonds is 5. The Kier molecular flexibility index (Phi) is 5.08. The summed E-state index contributed by atoms with van der Waals surface area (Å²) >= 11 is 0. The Bertz CT molecular complexity index is 844. The van der Waals surface area contributed by atoms with Crippen molar-refractivity contribution in [3.05, 3.63) is 60.2 Å². The molecule has 0 unspecified atom stereocenters.